The highest BCUT2D eigenvalue weighted by Gasteiger charge is 2.52. The normalized spacial score (nSPS) is 40.6. The minimum atomic E-state index is 0.198. The van der Waals surface area contributed by atoms with Crippen molar-refractivity contribution in [3.63, 3.8) is 0 Å². The van der Waals surface area contributed by atoms with E-state index in [1.807, 2.05) is 0 Å². The lowest BCUT2D eigenvalue weighted by Crippen LogP contribution is -2.40. The molecule has 0 spiro atoms. The molecule has 3 unspecified atom stereocenters. The summed E-state index contributed by atoms with van der Waals surface area (Å²) in [6, 6.07) is 0. The Morgan fingerprint density at radius 3 is 3.00 bits per heavy atom. The van der Waals surface area contributed by atoms with Gasteiger partial charge in [-0.2, -0.15) is 4.37 Å². The lowest BCUT2D eigenvalue weighted by atomic mass is 9.73. The third-order valence-electron chi connectivity index (χ3n) is 4.13. The van der Waals surface area contributed by atoms with E-state index in [0.717, 1.165) is 18.4 Å². The van der Waals surface area contributed by atoms with Crippen molar-refractivity contribution in [2.24, 2.45) is 17.6 Å². The molecule has 14 heavy (non-hydrogen) atoms. The lowest BCUT2D eigenvalue weighted by Gasteiger charge is -2.34. The van der Waals surface area contributed by atoms with E-state index in [0.29, 0.717) is 0 Å². The molecule has 2 N–H and O–H groups in total. The van der Waals surface area contributed by atoms with Gasteiger partial charge in [-0.1, -0.05) is 6.42 Å². The van der Waals surface area contributed by atoms with Crippen LogP contribution in [0.2, 0.25) is 0 Å². The van der Waals surface area contributed by atoms with Crippen molar-refractivity contribution in [2.45, 2.75) is 31.1 Å². The van der Waals surface area contributed by atoms with Gasteiger partial charge in [0.05, 0.1) is 0 Å². The zero-order valence-corrected chi connectivity index (χ0v) is 8.96. The SMILES string of the molecule is NCC1(c2ncns2)CC2CCC1C2. The minimum Gasteiger partial charge on any atom is -0.329 e. The molecule has 2 bridgehead atoms. The summed E-state index contributed by atoms with van der Waals surface area (Å²) in [6.45, 7) is 0.753. The van der Waals surface area contributed by atoms with Crippen LogP contribution in [0.5, 0.6) is 0 Å². The Balaban J connectivity index is 2.00. The van der Waals surface area contributed by atoms with E-state index in [2.05, 4.69) is 9.36 Å². The van der Waals surface area contributed by atoms with Crippen molar-refractivity contribution in [2.75, 3.05) is 6.54 Å². The third kappa shape index (κ3) is 1.01. The number of hydrogen-bond donors (Lipinski definition) is 1. The van der Waals surface area contributed by atoms with Crippen molar-refractivity contribution < 1.29 is 0 Å². The fourth-order valence-electron chi connectivity index (χ4n) is 3.44. The van der Waals surface area contributed by atoms with Crippen molar-refractivity contribution in [1.82, 2.24) is 9.36 Å². The standard InChI is InChI=1S/C10H15N3S/c11-5-10(9-12-6-13-14-9)4-7-1-2-8(10)3-7/h6-8H,1-5,11H2. The van der Waals surface area contributed by atoms with Crippen LogP contribution in [-0.2, 0) is 5.41 Å². The van der Waals surface area contributed by atoms with Crippen LogP contribution in [0.15, 0.2) is 6.33 Å². The molecule has 3 atom stereocenters. The summed E-state index contributed by atoms with van der Waals surface area (Å²) in [5, 5.41) is 1.19. The van der Waals surface area contributed by atoms with E-state index < -0.39 is 0 Å². The van der Waals surface area contributed by atoms with E-state index in [4.69, 9.17) is 5.73 Å². The van der Waals surface area contributed by atoms with Gasteiger partial charge < -0.3 is 5.73 Å². The molecule has 3 nitrogen and oxygen atoms in total. The molecular formula is C10H15N3S. The molecule has 2 aliphatic rings. The van der Waals surface area contributed by atoms with Crippen molar-refractivity contribution in [1.29, 1.82) is 0 Å². The molecule has 2 aliphatic carbocycles. The van der Waals surface area contributed by atoms with Gasteiger partial charge in [-0.25, -0.2) is 4.98 Å². The fraction of sp³-hybridized carbons (Fsp3) is 0.800. The largest absolute Gasteiger partial charge is 0.329 e. The summed E-state index contributed by atoms with van der Waals surface area (Å²) in [4.78, 5) is 4.39. The van der Waals surface area contributed by atoms with Crippen LogP contribution in [0.1, 0.15) is 30.7 Å². The van der Waals surface area contributed by atoms with Crippen LogP contribution in [0.4, 0.5) is 0 Å². The quantitative estimate of drug-likeness (QED) is 0.804. The van der Waals surface area contributed by atoms with Gasteiger partial charge in [-0.15, -0.1) is 0 Å². The van der Waals surface area contributed by atoms with Crippen molar-refractivity contribution in [3.8, 4) is 0 Å². The minimum absolute atomic E-state index is 0.198. The Hall–Kier alpha value is -0.480. The van der Waals surface area contributed by atoms with Gasteiger partial charge in [-0.3, -0.25) is 0 Å². The molecule has 2 saturated carbocycles. The number of nitrogens with zero attached hydrogens (tertiary/aromatic N) is 2. The molecule has 0 aliphatic heterocycles. The summed E-state index contributed by atoms with van der Waals surface area (Å²) in [5.74, 6) is 1.69. The fourth-order valence-corrected chi connectivity index (χ4v) is 4.24. The Labute approximate surface area is 87.9 Å². The molecule has 2 fully saturated rings. The van der Waals surface area contributed by atoms with Crippen LogP contribution in [-0.4, -0.2) is 15.9 Å². The van der Waals surface area contributed by atoms with E-state index in [-0.39, 0.29) is 5.41 Å². The summed E-state index contributed by atoms with van der Waals surface area (Å²) in [5.41, 5.74) is 6.18. The first-order valence-corrected chi connectivity index (χ1v) is 6.10. The Kier molecular flexibility index (Phi) is 1.89. The molecule has 0 aromatic carbocycles. The first-order chi connectivity index (χ1) is 6.85. The summed E-state index contributed by atoms with van der Waals surface area (Å²) < 4.78 is 4.12. The predicted octanol–water partition coefficient (Wildman–Crippen LogP) is 1.55. The topological polar surface area (TPSA) is 51.8 Å². The average Bonchev–Trinajstić information content (AvgIpc) is 2.93. The van der Waals surface area contributed by atoms with Crippen LogP contribution in [0.25, 0.3) is 0 Å². The van der Waals surface area contributed by atoms with Crippen molar-refractivity contribution in [3.05, 3.63) is 11.3 Å². The maximum Gasteiger partial charge on any atom is 0.129 e. The highest BCUT2D eigenvalue weighted by Crippen LogP contribution is 2.56. The van der Waals surface area contributed by atoms with E-state index >= 15 is 0 Å². The number of rotatable bonds is 2. The molecule has 76 valence electrons. The molecule has 0 saturated heterocycles. The maximum absolute atomic E-state index is 5.99. The van der Waals surface area contributed by atoms with Gasteiger partial charge in [0.15, 0.2) is 0 Å². The van der Waals surface area contributed by atoms with Gasteiger partial charge in [0, 0.05) is 12.0 Å². The maximum atomic E-state index is 5.99. The Bertz CT molecular complexity index is 324. The highest BCUT2D eigenvalue weighted by atomic mass is 32.1. The zero-order chi connectivity index (χ0) is 9.60. The number of nitrogens with two attached hydrogens (primary N) is 1. The van der Waals surface area contributed by atoms with Gasteiger partial charge in [0.2, 0.25) is 0 Å². The smallest absolute Gasteiger partial charge is 0.129 e. The number of fused-ring (bicyclic) bond motifs is 2. The number of aromatic nitrogens is 2. The first-order valence-electron chi connectivity index (χ1n) is 5.32. The second-order valence-corrected chi connectivity index (χ2v) is 5.47. The zero-order valence-electron chi connectivity index (χ0n) is 8.15. The Morgan fingerprint density at radius 2 is 2.50 bits per heavy atom. The van der Waals surface area contributed by atoms with E-state index in [1.165, 1.54) is 30.7 Å². The van der Waals surface area contributed by atoms with Crippen LogP contribution in [0.3, 0.4) is 0 Å². The average molecular weight is 209 g/mol. The molecule has 1 aromatic rings. The van der Waals surface area contributed by atoms with Crippen molar-refractivity contribution >= 4 is 11.5 Å². The first kappa shape index (κ1) is 8.80. The molecular weight excluding hydrogens is 194 g/mol. The molecule has 0 radical (unpaired) electrons. The van der Waals surface area contributed by atoms with Crippen LogP contribution < -0.4 is 5.73 Å². The summed E-state index contributed by atoms with van der Waals surface area (Å²) in [7, 11) is 0. The van der Waals surface area contributed by atoms with E-state index in [1.54, 1.807) is 17.9 Å². The molecule has 1 heterocycles. The van der Waals surface area contributed by atoms with Crippen LogP contribution in [0, 0.1) is 11.8 Å². The van der Waals surface area contributed by atoms with Gasteiger partial charge in [0.25, 0.3) is 0 Å². The Morgan fingerprint density at radius 1 is 1.57 bits per heavy atom. The molecule has 1 aromatic heterocycles. The molecule has 4 heteroatoms. The third-order valence-corrected chi connectivity index (χ3v) is 5.01. The van der Waals surface area contributed by atoms with Crippen LogP contribution >= 0.6 is 11.5 Å². The molecule has 0 amide bonds. The lowest BCUT2D eigenvalue weighted by molar-refractivity contribution is 0.274. The highest BCUT2D eigenvalue weighted by molar-refractivity contribution is 7.05. The summed E-state index contributed by atoms with van der Waals surface area (Å²) >= 11 is 1.54. The van der Waals surface area contributed by atoms with Gasteiger partial charge in [-0.05, 0) is 42.6 Å². The summed E-state index contributed by atoms with van der Waals surface area (Å²) in [6.07, 6.45) is 7.05. The van der Waals surface area contributed by atoms with Gasteiger partial charge in [0.1, 0.15) is 11.3 Å². The predicted molar refractivity (Wildman–Crippen MR) is 56.1 cm³/mol. The van der Waals surface area contributed by atoms with E-state index in [9.17, 15) is 0 Å². The second kappa shape index (κ2) is 3.00. The number of hydrogen-bond acceptors (Lipinski definition) is 4. The molecule has 3 rings (SSSR count). The second-order valence-electron chi connectivity index (χ2n) is 4.69. The monoisotopic (exact) mass is 209 g/mol. The van der Waals surface area contributed by atoms with Gasteiger partial charge >= 0.3 is 0 Å².